The van der Waals surface area contributed by atoms with E-state index in [4.69, 9.17) is 14.6 Å². The van der Waals surface area contributed by atoms with Crippen LogP contribution >= 0.6 is 0 Å². The Morgan fingerprint density at radius 2 is 1.62 bits per heavy atom. The fourth-order valence-corrected chi connectivity index (χ4v) is 2.20. The summed E-state index contributed by atoms with van der Waals surface area (Å²) in [6, 6.07) is 15.3. The van der Waals surface area contributed by atoms with Crippen molar-refractivity contribution in [2.45, 2.75) is 6.61 Å². The number of methoxy groups -OCH3 is 1. The lowest BCUT2D eigenvalue weighted by Gasteiger charge is -2.19. The molecule has 0 unspecified atom stereocenters. The summed E-state index contributed by atoms with van der Waals surface area (Å²) in [4.78, 5) is 36.4. The average molecular weight is 357 g/mol. The SMILES string of the molecule is COc1ccc(C(=O)CN(CC(=O)O)C(=O)OCc2ccccc2)cc1. The first-order valence-corrected chi connectivity index (χ1v) is 7.84. The number of carbonyl (C=O) groups is 3. The highest BCUT2D eigenvalue weighted by Gasteiger charge is 2.22. The zero-order chi connectivity index (χ0) is 18.9. The number of nitrogens with zero attached hydrogens (tertiary/aromatic N) is 1. The quantitative estimate of drug-likeness (QED) is 0.730. The van der Waals surface area contributed by atoms with Crippen LogP contribution in [0.25, 0.3) is 0 Å². The van der Waals surface area contributed by atoms with Crippen molar-refractivity contribution in [3.05, 3.63) is 65.7 Å². The predicted octanol–water partition coefficient (Wildman–Crippen LogP) is 2.60. The molecule has 0 saturated heterocycles. The summed E-state index contributed by atoms with van der Waals surface area (Å²) in [7, 11) is 1.51. The molecule has 0 saturated carbocycles. The molecule has 7 heteroatoms. The van der Waals surface area contributed by atoms with Gasteiger partial charge in [-0.25, -0.2) is 4.79 Å². The van der Waals surface area contributed by atoms with Gasteiger partial charge >= 0.3 is 12.1 Å². The van der Waals surface area contributed by atoms with Gasteiger partial charge in [0.25, 0.3) is 0 Å². The smallest absolute Gasteiger partial charge is 0.411 e. The van der Waals surface area contributed by atoms with Crippen molar-refractivity contribution in [1.82, 2.24) is 4.90 Å². The molecule has 0 heterocycles. The average Bonchev–Trinajstić information content (AvgIpc) is 2.66. The van der Waals surface area contributed by atoms with Gasteiger partial charge < -0.3 is 14.6 Å². The van der Waals surface area contributed by atoms with Gasteiger partial charge in [-0.3, -0.25) is 14.5 Å². The van der Waals surface area contributed by atoms with Crippen molar-refractivity contribution in [3.8, 4) is 5.75 Å². The third-order valence-corrected chi connectivity index (χ3v) is 3.54. The standard InChI is InChI=1S/C19H19NO6/c1-25-16-9-7-15(8-10-16)17(21)11-20(12-18(22)23)19(24)26-13-14-5-3-2-4-6-14/h2-10H,11-13H2,1H3,(H,22,23). The molecule has 0 atom stereocenters. The van der Waals surface area contributed by atoms with Gasteiger partial charge in [0, 0.05) is 5.56 Å². The van der Waals surface area contributed by atoms with E-state index in [9.17, 15) is 14.4 Å². The molecule has 0 aliphatic heterocycles. The zero-order valence-corrected chi connectivity index (χ0v) is 14.3. The number of Topliss-reactive ketones (excluding diaryl/α,β-unsaturated/α-hetero) is 1. The first-order valence-electron chi connectivity index (χ1n) is 7.84. The molecule has 26 heavy (non-hydrogen) atoms. The normalized spacial score (nSPS) is 10.0. The van der Waals surface area contributed by atoms with Crippen molar-refractivity contribution in [3.63, 3.8) is 0 Å². The van der Waals surface area contributed by atoms with Crippen LogP contribution in [0.15, 0.2) is 54.6 Å². The summed E-state index contributed by atoms with van der Waals surface area (Å²) >= 11 is 0. The highest BCUT2D eigenvalue weighted by Crippen LogP contribution is 2.12. The number of hydrogen-bond acceptors (Lipinski definition) is 5. The molecule has 0 aliphatic rings. The Bertz CT molecular complexity index is 757. The molecule has 0 aromatic heterocycles. The van der Waals surface area contributed by atoms with Gasteiger partial charge in [-0.1, -0.05) is 30.3 Å². The third kappa shape index (κ3) is 5.62. The van der Waals surface area contributed by atoms with Gasteiger partial charge in [-0.15, -0.1) is 0 Å². The minimum atomic E-state index is -1.23. The second kappa shape index (κ2) is 9.22. The van der Waals surface area contributed by atoms with Crippen LogP contribution in [-0.4, -0.2) is 48.1 Å². The van der Waals surface area contributed by atoms with Crippen LogP contribution in [0.2, 0.25) is 0 Å². The maximum Gasteiger partial charge on any atom is 0.411 e. The van der Waals surface area contributed by atoms with E-state index < -0.39 is 30.9 Å². The molecule has 0 spiro atoms. The van der Waals surface area contributed by atoms with E-state index in [2.05, 4.69) is 0 Å². The molecule has 1 amide bonds. The van der Waals surface area contributed by atoms with E-state index in [1.807, 2.05) is 6.07 Å². The van der Waals surface area contributed by atoms with Crippen LogP contribution in [0, 0.1) is 0 Å². The van der Waals surface area contributed by atoms with Gasteiger partial charge in [0.15, 0.2) is 5.78 Å². The number of ketones is 1. The fourth-order valence-electron chi connectivity index (χ4n) is 2.20. The minimum Gasteiger partial charge on any atom is -0.497 e. The number of carboxylic acids is 1. The fraction of sp³-hybridized carbons (Fsp3) is 0.211. The molecule has 0 aliphatic carbocycles. The summed E-state index contributed by atoms with van der Waals surface area (Å²) in [5.41, 5.74) is 1.11. The molecular weight excluding hydrogens is 338 g/mol. The molecule has 136 valence electrons. The largest absolute Gasteiger partial charge is 0.497 e. The number of hydrogen-bond donors (Lipinski definition) is 1. The number of amides is 1. The van der Waals surface area contributed by atoms with Crippen LogP contribution in [0.5, 0.6) is 5.75 Å². The summed E-state index contributed by atoms with van der Waals surface area (Å²) in [5, 5.41) is 8.99. The van der Waals surface area contributed by atoms with Crippen molar-refractivity contribution in [2.75, 3.05) is 20.2 Å². The van der Waals surface area contributed by atoms with Gasteiger partial charge in [0.05, 0.1) is 13.7 Å². The highest BCUT2D eigenvalue weighted by molar-refractivity contribution is 5.99. The number of rotatable bonds is 8. The Hall–Kier alpha value is -3.35. The Kier molecular flexibility index (Phi) is 6.73. The number of carbonyl (C=O) groups excluding carboxylic acids is 2. The third-order valence-electron chi connectivity index (χ3n) is 3.54. The Morgan fingerprint density at radius 1 is 0.962 bits per heavy atom. The Morgan fingerprint density at radius 3 is 2.19 bits per heavy atom. The molecule has 0 fully saturated rings. The van der Waals surface area contributed by atoms with Crippen LogP contribution in [0.3, 0.4) is 0 Å². The van der Waals surface area contributed by atoms with Gasteiger partial charge in [0.1, 0.15) is 18.9 Å². The summed E-state index contributed by atoms with van der Waals surface area (Å²) in [6.07, 6.45) is -0.863. The van der Waals surface area contributed by atoms with Crippen molar-refractivity contribution in [1.29, 1.82) is 0 Å². The van der Waals surface area contributed by atoms with Crippen LogP contribution in [0.1, 0.15) is 15.9 Å². The van der Waals surface area contributed by atoms with Crippen molar-refractivity contribution in [2.24, 2.45) is 0 Å². The summed E-state index contributed by atoms with van der Waals surface area (Å²) in [5.74, 6) is -1.04. The van der Waals surface area contributed by atoms with Crippen molar-refractivity contribution >= 4 is 17.8 Å². The molecule has 2 aromatic carbocycles. The van der Waals surface area contributed by atoms with Gasteiger partial charge in [-0.2, -0.15) is 0 Å². The first-order chi connectivity index (χ1) is 12.5. The molecule has 7 nitrogen and oxygen atoms in total. The number of benzene rings is 2. The van der Waals surface area contributed by atoms with E-state index in [-0.39, 0.29) is 6.61 Å². The van der Waals surface area contributed by atoms with Gasteiger partial charge in [-0.05, 0) is 29.8 Å². The lowest BCUT2D eigenvalue weighted by molar-refractivity contribution is -0.137. The van der Waals surface area contributed by atoms with E-state index >= 15 is 0 Å². The molecule has 0 radical (unpaired) electrons. The highest BCUT2D eigenvalue weighted by atomic mass is 16.6. The predicted molar refractivity (Wildman–Crippen MR) is 93.2 cm³/mol. The van der Waals surface area contributed by atoms with E-state index in [0.717, 1.165) is 10.5 Å². The first kappa shape index (κ1) is 19.0. The number of carboxylic acid groups (broad SMARTS) is 1. The lowest BCUT2D eigenvalue weighted by Crippen LogP contribution is -2.39. The van der Waals surface area contributed by atoms with E-state index in [1.165, 1.54) is 7.11 Å². The van der Waals surface area contributed by atoms with E-state index in [0.29, 0.717) is 11.3 Å². The molecule has 0 bridgehead atoms. The molecular formula is C19H19NO6. The zero-order valence-electron chi connectivity index (χ0n) is 14.3. The Labute approximate surface area is 150 Å². The number of aliphatic carboxylic acids is 1. The minimum absolute atomic E-state index is 0.00742. The summed E-state index contributed by atoms with van der Waals surface area (Å²) < 4.78 is 10.1. The molecule has 1 N–H and O–H groups in total. The second-order valence-corrected chi connectivity index (χ2v) is 5.44. The van der Waals surface area contributed by atoms with Crippen LogP contribution < -0.4 is 4.74 Å². The monoisotopic (exact) mass is 357 g/mol. The van der Waals surface area contributed by atoms with Crippen LogP contribution in [-0.2, 0) is 16.1 Å². The molecule has 2 aromatic rings. The maximum absolute atomic E-state index is 12.3. The second-order valence-electron chi connectivity index (χ2n) is 5.44. The Balaban J connectivity index is 2.01. The summed E-state index contributed by atoms with van der Waals surface area (Å²) in [6.45, 7) is -1.03. The van der Waals surface area contributed by atoms with E-state index in [1.54, 1.807) is 48.5 Å². The topological polar surface area (TPSA) is 93.1 Å². The van der Waals surface area contributed by atoms with Crippen molar-refractivity contribution < 1.29 is 29.0 Å². The van der Waals surface area contributed by atoms with Gasteiger partial charge in [0.2, 0.25) is 0 Å². The molecule has 2 rings (SSSR count). The van der Waals surface area contributed by atoms with Crippen LogP contribution in [0.4, 0.5) is 4.79 Å². The maximum atomic E-state index is 12.3. The number of ether oxygens (including phenoxy) is 2. The lowest BCUT2D eigenvalue weighted by atomic mass is 10.1.